The molecule has 1 saturated heterocycles. The normalized spacial score (nSPS) is 16.6. The van der Waals surface area contributed by atoms with Crippen LogP contribution in [0.5, 0.6) is 0 Å². The van der Waals surface area contributed by atoms with Gasteiger partial charge in [-0.2, -0.15) is 0 Å². The summed E-state index contributed by atoms with van der Waals surface area (Å²) in [6.45, 7) is 3.26. The summed E-state index contributed by atoms with van der Waals surface area (Å²) in [6.07, 6.45) is 0. The van der Waals surface area contributed by atoms with Gasteiger partial charge in [-0.05, 0) is 23.3 Å². The van der Waals surface area contributed by atoms with Crippen molar-refractivity contribution in [2.75, 3.05) is 39.9 Å². The zero-order valence-electron chi connectivity index (χ0n) is 14.4. The van der Waals surface area contributed by atoms with Crippen molar-refractivity contribution in [1.82, 2.24) is 9.80 Å². The highest BCUT2D eigenvalue weighted by Crippen LogP contribution is 2.30. The monoisotopic (exact) mass is 358 g/mol. The van der Waals surface area contributed by atoms with Gasteiger partial charge in [-0.15, -0.1) is 0 Å². The fourth-order valence-electron chi connectivity index (χ4n) is 3.34. The molecule has 0 saturated carbocycles. The molecule has 2 aromatic carbocycles. The average Bonchev–Trinajstić information content (AvgIpc) is 2.65. The van der Waals surface area contributed by atoms with Crippen LogP contribution < -0.4 is 0 Å². The van der Waals surface area contributed by atoms with Crippen LogP contribution in [0.15, 0.2) is 54.6 Å². The molecule has 3 rings (SSSR count). The molecule has 1 aliphatic heterocycles. The quantitative estimate of drug-likeness (QED) is 0.822. The van der Waals surface area contributed by atoms with E-state index in [9.17, 15) is 4.79 Å². The second kappa shape index (κ2) is 8.48. The lowest BCUT2D eigenvalue weighted by molar-refractivity contribution is -0.137. The number of benzene rings is 2. The molecule has 0 bridgehead atoms. The van der Waals surface area contributed by atoms with Crippen LogP contribution >= 0.6 is 11.6 Å². The highest BCUT2D eigenvalue weighted by atomic mass is 35.5. The zero-order chi connectivity index (χ0) is 17.6. The van der Waals surface area contributed by atoms with E-state index in [1.807, 2.05) is 23.1 Å². The van der Waals surface area contributed by atoms with E-state index < -0.39 is 0 Å². The molecule has 1 fully saturated rings. The Hall–Kier alpha value is -1.88. The Labute approximate surface area is 154 Å². The number of rotatable bonds is 5. The van der Waals surface area contributed by atoms with Gasteiger partial charge in [-0.1, -0.05) is 54.1 Å². The minimum Gasteiger partial charge on any atom is -0.375 e. The van der Waals surface area contributed by atoms with Crippen molar-refractivity contribution in [3.05, 3.63) is 70.7 Å². The van der Waals surface area contributed by atoms with Gasteiger partial charge in [0.2, 0.25) is 5.91 Å². The minimum absolute atomic E-state index is 0.0601. The summed E-state index contributed by atoms with van der Waals surface area (Å²) in [7, 11) is 1.56. The SMILES string of the molecule is COCC(=O)N1CCN(C(c2ccccc2)c2ccc(Cl)cc2)CC1. The third kappa shape index (κ3) is 4.40. The Balaban J connectivity index is 1.79. The summed E-state index contributed by atoms with van der Waals surface area (Å²) in [6, 6.07) is 18.7. The molecule has 0 aliphatic carbocycles. The van der Waals surface area contributed by atoms with Crippen molar-refractivity contribution >= 4 is 17.5 Å². The van der Waals surface area contributed by atoms with Crippen molar-refractivity contribution in [3.8, 4) is 0 Å². The number of carbonyl (C=O) groups excluding carboxylic acids is 1. The number of halogens is 1. The molecular formula is C20H23ClN2O2. The van der Waals surface area contributed by atoms with Gasteiger partial charge in [0.15, 0.2) is 0 Å². The summed E-state index contributed by atoms with van der Waals surface area (Å²) in [5.74, 6) is 0.0601. The first-order valence-corrected chi connectivity index (χ1v) is 8.88. The van der Waals surface area contributed by atoms with Crippen molar-refractivity contribution in [2.24, 2.45) is 0 Å². The molecule has 5 heteroatoms. The first-order chi connectivity index (χ1) is 12.2. The molecule has 132 valence electrons. The predicted molar refractivity (Wildman–Crippen MR) is 99.8 cm³/mol. The summed E-state index contributed by atoms with van der Waals surface area (Å²) < 4.78 is 4.96. The van der Waals surface area contributed by atoms with Crippen LogP contribution in [0.4, 0.5) is 0 Å². The maximum absolute atomic E-state index is 12.0. The second-order valence-corrected chi connectivity index (χ2v) is 6.65. The standard InChI is InChI=1S/C20H23ClN2O2/c1-25-15-19(24)22-11-13-23(14-12-22)20(16-5-3-2-4-6-16)17-7-9-18(21)10-8-17/h2-10,20H,11-15H2,1H3. The van der Waals surface area contributed by atoms with Crippen LogP contribution in [-0.2, 0) is 9.53 Å². The Morgan fingerprint density at radius 3 is 2.20 bits per heavy atom. The van der Waals surface area contributed by atoms with Crippen LogP contribution in [0.1, 0.15) is 17.2 Å². The number of hydrogen-bond donors (Lipinski definition) is 0. The van der Waals surface area contributed by atoms with E-state index in [4.69, 9.17) is 16.3 Å². The first kappa shape index (κ1) is 17.9. The Bertz CT molecular complexity index is 683. The van der Waals surface area contributed by atoms with Gasteiger partial charge in [-0.25, -0.2) is 0 Å². The van der Waals surface area contributed by atoms with Crippen LogP contribution in [0, 0.1) is 0 Å². The molecule has 1 amide bonds. The maximum Gasteiger partial charge on any atom is 0.248 e. The number of amides is 1. The van der Waals surface area contributed by atoms with Crippen LogP contribution in [-0.4, -0.2) is 55.6 Å². The molecular weight excluding hydrogens is 336 g/mol. The zero-order valence-corrected chi connectivity index (χ0v) is 15.2. The van der Waals surface area contributed by atoms with E-state index in [-0.39, 0.29) is 18.6 Å². The molecule has 0 aromatic heterocycles. The van der Waals surface area contributed by atoms with Crippen molar-refractivity contribution in [3.63, 3.8) is 0 Å². The van der Waals surface area contributed by atoms with Crippen molar-refractivity contribution < 1.29 is 9.53 Å². The molecule has 0 radical (unpaired) electrons. The lowest BCUT2D eigenvalue weighted by Gasteiger charge is -2.39. The molecule has 25 heavy (non-hydrogen) atoms. The van der Waals surface area contributed by atoms with E-state index >= 15 is 0 Å². The van der Waals surface area contributed by atoms with E-state index in [0.717, 1.165) is 31.2 Å². The van der Waals surface area contributed by atoms with Crippen molar-refractivity contribution in [1.29, 1.82) is 0 Å². The van der Waals surface area contributed by atoms with Gasteiger partial charge in [-0.3, -0.25) is 9.69 Å². The molecule has 4 nitrogen and oxygen atoms in total. The van der Waals surface area contributed by atoms with Gasteiger partial charge in [0.25, 0.3) is 0 Å². The van der Waals surface area contributed by atoms with Crippen LogP contribution in [0.2, 0.25) is 5.02 Å². The third-order valence-electron chi connectivity index (χ3n) is 4.60. The summed E-state index contributed by atoms with van der Waals surface area (Å²) in [5.41, 5.74) is 2.47. The number of nitrogens with zero attached hydrogens (tertiary/aromatic N) is 2. The molecule has 1 heterocycles. The van der Waals surface area contributed by atoms with Crippen molar-refractivity contribution in [2.45, 2.75) is 6.04 Å². The van der Waals surface area contributed by atoms with Gasteiger partial charge in [0.05, 0.1) is 6.04 Å². The summed E-state index contributed by atoms with van der Waals surface area (Å²) in [5, 5.41) is 0.741. The van der Waals surface area contributed by atoms with E-state index in [0.29, 0.717) is 0 Å². The van der Waals surface area contributed by atoms with E-state index in [2.05, 4.69) is 41.3 Å². The van der Waals surface area contributed by atoms with Gasteiger partial charge in [0.1, 0.15) is 6.61 Å². The van der Waals surface area contributed by atoms with Gasteiger partial charge < -0.3 is 9.64 Å². The average molecular weight is 359 g/mol. The first-order valence-electron chi connectivity index (χ1n) is 8.50. The Morgan fingerprint density at radius 2 is 1.60 bits per heavy atom. The van der Waals surface area contributed by atoms with E-state index in [1.54, 1.807) is 7.11 Å². The molecule has 0 N–H and O–H groups in total. The summed E-state index contributed by atoms with van der Waals surface area (Å²) in [4.78, 5) is 16.3. The number of ether oxygens (including phenoxy) is 1. The Morgan fingerprint density at radius 1 is 1.00 bits per heavy atom. The topological polar surface area (TPSA) is 32.8 Å². The van der Waals surface area contributed by atoms with E-state index in [1.165, 1.54) is 11.1 Å². The fourth-order valence-corrected chi connectivity index (χ4v) is 3.46. The fraction of sp³-hybridized carbons (Fsp3) is 0.350. The third-order valence-corrected chi connectivity index (χ3v) is 4.85. The molecule has 1 unspecified atom stereocenters. The highest BCUT2D eigenvalue weighted by Gasteiger charge is 2.27. The summed E-state index contributed by atoms with van der Waals surface area (Å²) >= 11 is 6.06. The second-order valence-electron chi connectivity index (χ2n) is 6.21. The number of hydrogen-bond acceptors (Lipinski definition) is 3. The molecule has 2 aromatic rings. The smallest absolute Gasteiger partial charge is 0.248 e. The predicted octanol–water partition coefficient (Wildman–Crippen LogP) is 3.22. The van der Waals surface area contributed by atoms with Gasteiger partial charge in [0, 0.05) is 38.3 Å². The van der Waals surface area contributed by atoms with Crippen LogP contribution in [0.3, 0.4) is 0 Å². The number of carbonyl (C=O) groups is 1. The lowest BCUT2D eigenvalue weighted by Crippen LogP contribution is -2.50. The molecule has 1 aliphatic rings. The Kier molecular flexibility index (Phi) is 6.08. The van der Waals surface area contributed by atoms with Crippen LogP contribution in [0.25, 0.3) is 0 Å². The lowest BCUT2D eigenvalue weighted by atomic mass is 9.96. The minimum atomic E-state index is 0.0601. The number of piperazine rings is 1. The van der Waals surface area contributed by atoms with Gasteiger partial charge >= 0.3 is 0 Å². The molecule has 0 spiro atoms. The highest BCUT2D eigenvalue weighted by molar-refractivity contribution is 6.30. The largest absolute Gasteiger partial charge is 0.375 e. The maximum atomic E-state index is 12.0. The molecule has 1 atom stereocenters. The number of methoxy groups -OCH3 is 1.